The van der Waals surface area contributed by atoms with Gasteiger partial charge in [-0.15, -0.1) is 10.2 Å². The molecular formula is C17H16N8OS. The quantitative estimate of drug-likeness (QED) is 0.487. The molecule has 4 rings (SSSR count). The van der Waals surface area contributed by atoms with Crippen LogP contribution in [0.2, 0.25) is 0 Å². The maximum absolute atomic E-state index is 5.85. The first-order valence-corrected chi connectivity index (χ1v) is 9.04. The number of pyridine rings is 1. The zero-order valence-electron chi connectivity index (χ0n) is 14.4. The summed E-state index contributed by atoms with van der Waals surface area (Å²) in [6, 6.07) is 13.2. The van der Waals surface area contributed by atoms with E-state index in [9.17, 15) is 0 Å². The first kappa shape index (κ1) is 17.0. The summed E-state index contributed by atoms with van der Waals surface area (Å²) in [7, 11) is 1.60. The number of rotatable bonds is 6. The normalized spacial score (nSPS) is 10.9. The van der Waals surface area contributed by atoms with E-state index in [0.717, 1.165) is 16.5 Å². The third-order valence-electron chi connectivity index (χ3n) is 3.67. The molecule has 0 bridgehead atoms. The second-order valence-corrected chi connectivity index (χ2v) is 6.40. The number of thioether (sulfide) groups is 1. The smallest absolute Gasteiger partial charge is 0.232 e. The molecule has 27 heavy (non-hydrogen) atoms. The molecule has 4 aromatic rings. The van der Waals surface area contributed by atoms with Crippen molar-refractivity contribution in [2.24, 2.45) is 0 Å². The molecule has 9 nitrogen and oxygen atoms in total. The number of hydrogen-bond acceptors (Lipinski definition) is 9. The Balaban J connectivity index is 1.54. The number of nitrogens with zero attached hydrogens (tertiary/aromatic N) is 6. The minimum absolute atomic E-state index is 0.143. The average molecular weight is 380 g/mol. The van der Waals surface area contributed by atoms with Gasteiger partial charge in [-0.25, -0.2) is 0 Å². The van der Waals surface area contributed by atoms with Crippen LogP contribution >= 0.6 is 11.8 Å². The van der Waals surface area contributed by atoms with Gasteiger partial charge in [0, 0.05) is 6.20 Å². The molecule has 3 aromatic heterocycles. The summed E-state index contributed by atoms with van der Waals surface area (Å²) in [6.45, 7) is 0. The van der Waals surface area contributed by atoms with Crippen LogP contribution in [0.3, 0.4) is 0 Å². The Morgan fingerprint density at radius 3 is 2.81 bits per heavy atom. The fraction of sp³-hybridized carbons (Fsp3) is 0.118. The molecule has 0 unspecified atom stereocenters. The molecule has 0 saturated carbocycles. The monoisotopic (exact) mass is 380 g/mol. The highest BCUT2D eigenvalue weighted by Gasteiger charge is 2.10. The van der Waals surface area contributed by atoms with Crippen LogP contribution in [-0.2, 0) is 5.75 Å². The molecule has 0 atom stereocenters. The lowest BCUT2D eigenvalue weighted by atomic mass is 10.3. The van der Waals surface area contributed by atoms with Gasteiger partial charge in [-0.3, -0.25) is 4.40 Å². The lowest BCUT2D eigenvalue weighted by molar-refractivity contribution is 0.417. The highest BCUT2D eigenvalue weighted by Crippen LogP contribution is 2.26. The van der Waals surface area contributed by atoms with Gasteiger partial charge in [-0.2, -0.15) is 15.0 Å². The number of methoxy groups -OCH3 is 1. The Morgan fingerprint density at radius 1 is 1.07 bits per heavy atom. The maximum Gasteiger partial charge on any atom is 0.232 e. The lowest BCUT2D eigenvalue weighted by Crippen LogP contribution is -2.07. The third-order valence-corrected chi connectivity index (χ3v) is 4.60. The van der Waals surface area contributed by atoms with E-state index in [4.69, 9.17) is 10.5 Å². The van der Waals surface area contributed by atoms with E-state index in [1.165, 1.54) is 11.8 Å². The molecule has 0 aliphatic rings. The largest absolute Gasteiger partial charge is 0.495 e. The summed E-state index contributed by atoms with van der Waals surface area (Å²) >= 11 is 1.47. The highest BCUT2D eigenvalue weighted by atomic mass is 32.2. The van der Waals surface area contributed by atoms with E-state index in [0.29, 0.717) is 23.3 Å². The molecule has 0 radical (unpaired) electrons. The molecule has 0 aliphatic carbocycles. The van der Waals surface area contributed by atoms with Crippen LogP contribution in [0.25, 0.3) is 5.65 Å². The summed E-state index contributed by atoms with van der Waals surface area (Å²) in [5.74, 6) is 2.20. The van der Waals surface area contributed by atoms with Crippen molar-refractivity contribution < 1.29 is 4.74 Å². The van der Waals surface area contributed by atoms with E-state index in [1.807, 2.05) is 53.1 Å². The van der Waals surface area contributed by atoms with Crippen LogP contribution < -0.4 is 15.8 Å². The minimum Gasteiger partial charge on any atom is -0.495 e. The summed E-state index contributed by atoms with van der Waals surface area (Å²) in [4.78, 5) is 12.8. The van der Waals surface area contributed by atoms with E-state index < -0.39 is 0 Å². The topological polar surface area (TPSA) is 116 Å². The zero-order valence-corrected chi connectivity index (χ0v) is 15.2. The van der Waals surface area contributed by atoms with Crippen LogP contribution in [-0.4, -0.2) is 36.7 Å². The predicted molar refractivity (Wildman–Crippen MR) is 103 cm³/mol. The molecule has 0 amide bonds. The van der Waals surface area contributed by atoms with Gasteiger partial charge >= 0.3 is 0 Å². The summed E-state index contributed by atoms with van der Waals surface area (Å²) in [5.41, 5.74) is 7.38. The lowest BCUT2D eigenvalue weighted by Gasteiger charge is -2.10. The van der Waals surface area contributed by atoms with E-state index in [-0.39, 0.29) is 5.95 Å². The van der Waals surface area contributed by atoms with Crippen molar-refractivity contribution >= 4 is 35.0 Å². The molecule has 136 valence electrons. The van der Waals surface area contributed by atoms with Crippen molar-refractivity contribution in [3.8, 4) is 5.75 Å². The molecular weight excluding hydrogens is 364 g/mol. The number of nitrogen functional groups attached to an aromatic ring is 1. The molecule has 3 heterocycles. The number of ether oxygens (including phenoxy) is 1. The van der Waals surface area contributed by atoms with Crippen molar-refractivity contribution in [1.29, 1.82) is 0 Å². The van der Waals surface area contributed by atoms with Crippen LogP contribution in [0.5, 0.6) is 5.75 Å². The number of aromatic nitrogens is 6. The van der Waals surface area contributed by atoms with Gasteiger partial charge in [-0.05, 0) is 24.3 Å². The zero-order chi connectivity index (χ0) is 18.6. The van der Waals surface area contributed by atoms with Gasteiger partial charge in [0.15, 0.2) is 10.8 Å². The van der Waals surface area contributed by atoms with Crippen molar-refractivity contribution in [3.05, 3.63) is 54.5 Å². The fourth-order valence-corrected chi connectivity index (χ4v) is 3.25. The fourth-order valence-electron chi connectivity index (χ4n) is 2.47. The van der Waals surface area contributed by atoms with Gasteiger partial charge in [0.05, 0.1) is 18.6 Å². The summed E-state index contributed by atoms with van der Waals surface area (Å²) in [5, 5.41) is 12.2. The maximum atomic E-state index is 5.85. The van der Waals surface area contributed by atoms with Gasteiger partial charge in [0.2, 0.25) is 11.9 Å². The molecule has 0 aliphatic heterocycles. The van der Waals surface area contributed by atoms with Crippen molar-refractivity contribution in [2.45, 2.75) is 10.9 Å². The van der Waals surface area contributed by atoms with E-state index in [1.54, 1.807) is 7.11 Å². The van der Waals surface area contributed by atoms with Gasteiger partial charge in [-0.1, -0.05) is 30.0 Å². The van der Waals surface area contributed by atoms with E-state index >= 15 is 0 Å². The standard InChI is InChI=1S/C17H16N8OS/c1-26-12-7-3-2-6-11(12)19-16-21-13(20-15(18)22-16)10-27-17-24-23-14-8-4-5-9-25(14)17/h2-9H,10H2,1H3,(H3,18,19,20,21,22). The van der Waals surface area contributed by atoms with Crippen LogP contribution in [0, 0.1) is 0 Å². The number of anilines is 3. The number of hydrogen-bond donors (Lipinski definition) is 2. The first-order chi connectivity index (χ1) is 13.2. The molecule has 10 heteroatoms. The van der Waals surface area contributed by atoms with Gasteiger partial charge in [0.25, 0.3) is 0 Å². The Labute approximate surface area is 159 Å². The van der Waals surface area contributed by atoms with Gasteiger partial charge in [0.1, 0.15) is 11.6 Å². The number of fused-ring (bicyclic) bond motifs is 1. The minimum atomic E-state index is 0.143. The van der Waals surface area contributed by atoms with Gasteiger partial charge < -0.3 is 15.8 Å². The SMILES string of the molecule is COc1ccccc1Nc1nc(N)nc(CSc2nnc3ccccn23)n1. The first-order valence-electron chi connectivity index (χ1n) is 8.06. The molecule has 3 N–H and O–H groups in total. The summed E-state index contributed by atoms with van der Waals surface area (Å²) < 4.78 is 7.23. The highest BCUT2D eigenvalue weighted by molar-refractivity contribution is 7.98. The molecule has 1 aromatic carbocycles. The van der Waals surface area contributed by atoms with Crippen LogP contribution in [0.4, 0.5) is 17.6 Å². The Kier molecular flexibility index (Phi) is 4.71. The average Bonchev–Trinajstić information content (AvgIpc) is 3.10. The number of benzene rings is 1. The van der Waals surface area contributed by atoms with Crippen LogP contribution in [0.15, 0.2) is 53.8 Å². The van der Waals surface area contributed by atoms with Crippen LogP contribution in [0.1, 0.15) is 5.82 Å². The summed E-state index contributed by atoms with van der Waals surface area (Å²) in [6.07, 6.45) is 1.91. The Bertz CT molecular complexity index is 1080. The van der Waals surface area contributed by atoms with Crippen molar-refractivity contribution in [2.75, 3.05) is 18.2 Å². The van der Waals surface area contributed by atoms with Crippen molar-refractivity contribution in [3.63, 3.8) is 0 Å². The third kappa shape index (κ3) is 3.75. The van der Waals surface area contributed by atoms with E-state index in [2.05, 4.69) is 30.5 Å². The Morgan fingerprint density at radius 2 is 1.93 bits per heavy atom. The Hall–Kier alpha value is -3.40. The van der Waals surface area contributed by atoms with Crippen molar-refractivity contribution in [1.82, 2.24) is 29.5 Å². The number of nitrogens with two attached hydrogens (primary N) is 1. The molecule has 0 spiro atoms. The second kappa shape index (κ2) is 7.46. The second-order valence-electron chi connectivity index (χ2n) is 5.46. The molecule has 0 fully saturated rings. The predicted octanol–water partition coefficient (Wildman–Crippen LogP) is 2.54. The number of para-hydroxylation sites is 2. The molecule has 0 saturated heterocycles. The number of nitrogens with one attached hydrogen (secondary N) is 1.